The van der Waals surface area contributed by atoms with E-state index in [1.54, 1.807) is 20.8 Å². The van der Waals surface area contributed by atoms with Crippen molar-refractivity contribution in [3.8, 4) is 5.75 Å². The van der Waals surface area contributed by atoms with Crippen molar-refractivity contribution >= 4 is 5.97 Å². The van der Waals surface area contributed by atoms with Gasteiger partial charge < -0.3 is 13.9 Å². The van der Waals surface area contributed by atoms with Gasteiger partial charge in [-0.2, -0.15) is 0 Å². The molecule has 118 valence electrons. The zero-order valence-corrected chi connectivity index (χ0v) is 13.4. The Bertz CT molecular complexity index is 522. The summed E-state index contributed by atoms with van der Waals surface area (Å²) < 4.78 is 15.7. The summed E-state index contributed by atoms with van der Waals surface area (Å²) in [6.07, 6.45) is 2.13. The lowest BCUT2D eigenvalue weighted by Crippen LogP contribution is -2.23. The summed E-state index contributed by atoms with van der Waals surface area (Å²) in [6, 6.07) is 1.29. The number of hydrogen-bond donors (Lipinski definition) is 0. The molecule has 0 aliphatic rings. The largest absolute Gasteiger partial charge is 0.487 e. The number of rotatable bonds is 6. The van der Waals surface area contributed by atoms with E-state index >= 15 is 0 Å². The molecule has 0 saturated heterocycles. The fourth-order valence-corrected chi connectivity index (χ4v) is 1.38. The molecule has 5 heteroatoms. The van der Waals surface area contributed by atoms with Crippen LogP contribution in [0.3, 0.4) is 0 Å². The van der Waals surface area contributed by atoms with Gasteiger partial charge in [-0.25, -0.2) is 0 Å². The highest BCUT2D eigenvalue weighted by Gasteiger charge is 2.23. The summed E-state index contributed by atoms with van der Waals surface area (Å²) in [5.74, 6) is 0.644. The van der Waals surface area contributed by atoms with Crippen LogP contribution in [-0.4, -0.2) is 12.6 Å². The molecule has 0 bridgehead atoms. The first-order valence-electron chi connectivity index (χ1n) is 7.12. The van der Waals surface area contributed by atoms with Gasteiger partial charge in [0, 0.05) is 6.07 Å². The van der Waals surface area contributed by atoms with Gasteiger partial charge in [-0.15, -0.1) is 0 Å². The highest BCUT2D eigenvalue weighted by atomic mass is 16.5. The average Bonchev–Trinajstić information content (AvgIpc) is 2.36. The molecule has 5 nitrogen and oxygen atoms in total. The van der Waals surface area contributed by atoms with Crippen molar-refractivity contribution in [1.82, 2.24) is 0 Å². The molecule has 1 aromatic rings. The molecule has 21 heavy (non-hydrogen) atoms. The minimum Gasteiger partial charge on any atom is -0.487 e. The van der Waals surface area contributed by atoms with Gasteiger partial charge in [-0.1, -0.05) is 13.8 Å². The van der Waals surface area contributed by atoms with Crippen molar-refractivity contribution < 1.29 is 18.7 Å². The van der Waals surface area contributed by atoms with E-state index in [1.165, 1.54) is 12.3 Å². The minimum atomic E-state index is -0.583. The van der Waals surface area contributed by atoms with Crippen molar-refractivity contribution in [1.29, 1.82) is 0 Å². The molecule has 0 saturated carbocycles. The van der Waals surface area contributed by atoms with Crippen LogP contribution < -0.4 is 10.2 Å². The molecule has 0 atom stereocenters. The molecule has 0 spiro atoms. The molecule has 0 aliphatic heterocycles. The Labute approximate surface area is 125 Å². The summed E-state index contributed by atoms with van der Waals surface area (Å²) in [5.41, 5.74) is -0.855. The topological polar surface area (TPSA) is 65.7 Å². The molecule has 0 amide bonds. The van der Waals surface area contributed by atoms with Gasteiger partial charge >= 0.3 is 5.97 Å². The van der Waals surface area contributed by atoms with Crippen LogP contribution in [0.5, 0.6) is 5.75 Å². The molecular formula is C16H24O5. The van der Waals surface area contributed by atoms with Gasteiger partial charge in [0.1, 0.15) is 18.6 Å². The van der Waals surface area contributed by atoms with Crippen LogP contribution in [-0.2, 0) is 16.1 Å². The molecular weight excluding hydrogens is 272 g/mol. The Balaban J connectivity index is 2.58. The molecule has 1 aromatic heterocycles. The van der Waals surface area contributed by atoms with E-state index in [0.717, 1.165) is 6.42 Å². The highest BCUT2D eigenvalue weighted by Crippen LogP contribution is 2.16. The van der Waals surface area contributed by atoms with E-state index in [1.807, 2.05) is 0 Å². The van der Waals surface area contributed by atoms with Gasteiger partial charge in [-0.3, -0.25) is 9.59 Å². The molecule has 0 N–H and O–H groups in total. The van der Waals surface area contributed by atoms with Gasteiger partial charge in [0.05, 0.1) is 12.0 Å². The van der Waals surface area contributed by atoms with Crippen LogP contribution in [0.2, 0.25) is 0 Å². The molecule has 0 aliphatic carbocycles. The molecule has 1 rings (SSSR count). The smallest absolute Gasteiger partial charge is 0.311 e. The highest BCUT2D eigenvalue weighted by molar-refractivity contribution is 5.75. The van der Waals surface area contributed by atoms with Crippen molar-refractivity contribution in [2.75, 3.05) is 6.61 Å². The quantitative estimate of drug-likeness (QED) is 0.754. The average molecular weight is 296 g/mol. The van der Waals surface area contributed by atoms with E-state index in [-0.39, 0.29) is 23.8 Å². The normalized spacial score (nSPS) is 11.5. The summed E-state index contributed by atoms with van der Waals surface area (Å²) in [6.45, 7) is 9.86. The van der Waals surface area contributed by atoms with Crippen LogP contribution >= 0.6 is 0 Å². The first-order valence-corrected chi connectivity index (χ1v) is 7.12. The van der Waals surface area contributed by atoms with Crippen molar-refractivity contribution in [2.24, 2.45) is 11.3 Å². The maximum Gasteiger partial charge on any atom is 0.311 e. The number of carbonyl (C=O) groups is 1. The summed E-state index contributed by atoms with van der Waals surface area (Å²) in [5, 5.41) is 0. The molecule has 1 heterocycles. The Morgan fingerprint density at radius 1 is 1.33 bits per heavy atom. The second kappa shape index (κ2) is 7.29. The number of carbonyl (C=O) groups excluding carboxylic acids is 1. The lowest BCUT2D eigenvalue weighted by molar-refractivity contribution is -0.154. The monoisotopic (exact) mass is 296 g/mol. The first-order chi connectivity index (χ1) is 9.70. The van der Waals surface area contributed by atoms with E-state index in [0.29, 0.717) is 18.3 Å². The van der Waals surface area contributed by atoms with E-state index in [4.69, 9.17) is 13.9 Å². The standard InChI is InChI=1S/C16H24O5/c1-11(2)6-7-19-14-10-20-12(8-13(14)17)9-21-15(18)16(3,4)5/h8,10-11H,6-7,9H2,1-5H3. The van der Waals surface area contributed by atoms with E-state index in [9.17, 15) is 9.59 Å². The third-order valence-corrected chi connectivity index (χ3v) is 2.76. The predicted octanol–water partition coefficient (Wildman–Crippen LogP) is 3.15. The summed E-state index contributed by atoms with van der Waals surface area (Å²) in [4.78, 5) is 23.5. The first kappa shape index (κ1) is 17.3. The minimum absolute atomic E-state index is 0.0579. The van der Waals surface area contributed by atoms with Crippen LogP contribution in [0.15, 0.2) is 21.5 Å². The summed E-state index contributed by atoms with van der Waals surface area (Å²) in [7, 11) is 0. The zero-order valence-electron chi connectivity index (χ0n) is 13.4. The van der Waals surface area contributed by atoms with Crippen molar-refractivity contribution in [3.63, 3.8) is 0 Å². The predicted molar refractivity (Wildman–Crippen MR) is 79.2 cm³/mol. The fourth-order valence-electron chi connectivity index (χ4n) is 1.38. The van der Waals surface area contributed by atoms with Crippen LogP contribution in [0.1, 0.15) is 46.8 Å². The third kappa shape index (κ3) is 6.02. The lowest BCUT2D eigenvalue weighted by Gasteiger charge is -2.16. The molecule has 0 radical (unpaired) electrons. The maximum atomic E-state index is 11.8. The van der Waals surface area contributed by atoms with E-state index < -0.39 is 5.41 Å². The summed E-state index contributed by atoms with van der Waals surface area (Å²) >= 11 is 0. The van der Waals surface area contributed by atoms with Gasteiger partial charge in [0.15, 0.2) is 0 Å². The van der Waals surface area contributed by atoms with Crippen LogP contribution in [0.4, 0.5) is 0 Å². The number of hydrogen-bond acceptors (Lipinski definition) is 5. The van der Waals surface area contributed by atoms with Gasteiger partial charge in [0.2, 0.25) is 11.2 Å². The Morgan fingerprint density at radius 2 is 2.00 bits per heavy atom. The van der Waals surface area contributed by atoms with Crippen LogP contribution in [0.25, 0.3) is 0 Å². The Morgan fingerprint density at radius 3 is 2.52 bits per heavy atom. The Kier molecular flexibility index (Phi) is 6.00. The van der Waals surface area contributed by atoms with Gasteiger partial charge in [0.25, 0.3) is 0 Å². The molecule has 0 aromatic carbocycles. The fraction of sp³-hybridized carbons (Fsp3) is 0.625. The van der Waals surface area contributed by atoms with E-state index in [2.05, 4.69) is 13.8 Å². The van der Waals surface area contributed by atoms with Gasteiger partial charge in [-0.05, 0) is 33.1 Å². The number of esters is 1. The molecule has 0 fully saturated rings. The SMILES string of the molecule is CC(C)CCOc1coc(COC(=O)C(C)(C)C)cc1=O. The van der Waals surface area contributed by atoms with Crippen molar-refractivity contribution in [3.05, 3.63) is 28.3 Å². The van der Waals surface area contributed by atoms with Crippen molar-refractivity contribution in [2.45, 2.75) is 47.6 Å². The second-order valence-electron chi connectivity index (χ2n) is 6.43. The lowest BCUT2D eigenvalue weighted by atomic mass is 9.97. The third-order valence-electron chi connectivity index (χ3n) is 2.76. The second-order valence-corrected chi connectivity index (χ2v) is 6.43. The maximum absolute atomic E-state index is 11.8. The van der Waals surface area contributed by atoms with Crippen LogP contribution in [0, 0.1) is 11.3 Å². The Hall–Kier alpha value is -1.78. The zero-order chi connectivity index (χ0) is 16.0. The number of ether oxygens (including phenoxy) is 2. The molecule has 0 unspecified atom stereocenters.